The Kier molecular flexibility index (Phi) is 3.86. The Morgan fingerprint density at radius 3 is 2.57 bits per heavy atom. The van der Waals surface area contributed by atoms with Crippen molar-refractivity contribution >= 4 is 15.9 Å². The molecule has 0 heterocycles. The molecule has 1 unspecified atom stereocenters. The smallest absolute Gasteiger partial charge is 0.168 e. The molecular weight excluding hydrogens is 254 g/mol. The molecule has 0 bridgehead atoms. The van der Waals surface area contributed by atoms with Crippen LogP contribution in [0.4, 0.5) is 8.78 Å². The molecule has 0 spiro atoms. The molecule has 1 atom stereocenters. The SMILES string of the molecule is COc1c(F)cc(F)cc1CC(C)Br. The zero-order valence-electron chi connectivity index (χ0n) is 7.98. The van der Waals surface area contributed by atoms with E-state index in [1.165, 1.54) is 13.2 Å². The van der Waals surface area contributed by atoms with E-state index in [9.17, 15) is 8.78 Å². The lowest BCUT2D eigenvalue weighted by molar-refractivity contribution is 0.378. The van der Waals surface area contributed by atoms with Crippen LogP contribution in [0.25, 0.3) is 0 Å². The minimum absolute atomic E-state index is 0.123. The Labute approximate surface area is 90.2 Å². The lowest BCUT2D eigenvalue weighted by Gasteiger charge is -2.10. The number of alkyl halides is 1. The molecule has 0 amide bonds. The lowest BCUT2D eigenvalue weighted by Crippen LogP contribution is -2.02. The first-order valence-corrected chi connectivity index (χ1v) is 5.12. The van der Waals surface area contributed by atoms with Gasteiger partial charge in [-0.3, -0.25) is 0 Å². The Morgan fingerprint density at radius 2 is 2.07 bits per heavy atom. The quantitative estimate of drug-likeness (QED) is 0.762. The van der Waals surface area contributed by atoms with Crippen LogP contribution in [0, 0.1) is 11.6 Å². The zero-order valence-corrected chi connectivity index (χ0v) is 9.57. The largest absolute Gasteiger partial charge is 0.493 e. The molecule has 0 saturated carbocycles. The van der Waals surface area contributed by atoms with Crippen LogP contribution >= 0.6 is 15.9 Å². The van der Waals surface area contributed by atoms with E-state index in [1.807, 2.05) is 6.92 Å². The predicted octanol–water partition coefficient (Wildman–Crippen LogP) is 3.30. The van der Waals surface area contributed by atoms with Gasteiger partial charge in [0.15, 0.2) is 11.6 Å². The van der Waals surface area contributed by atoms with Gasteiger partial charge in [-0.2, -0.15) is 0 Å². The fourth-order valence-corrected chi connectivity index (χ4v) is 1.65. The maximum absolute atomic E-state index is 13.2. The average molecular weight is 265 g/mol. The molecule has 0 aliphatic carbocycles. The van der Waals surface area contributed by atoms with Gasteiger partial charge in [0.05, 0.1) is 7.11 Å². The van der Waals surface area contributed by atoms with Crippen molar-refractivity contribution in [3.63, 3.8) is 0 Å². The Hall–Kier alpha value is -0.640. The molecule has 0 aromatic heterocycles. The number of hydrogen-bond acceptors (Lipinski definition) is 1. The second-order valence-corrected chi connectivity index (χ2v) is 4.63. The molecule has 1 nitrogen and oxygen atoms in total. The van der Waals surface area contributed by atoms with Gasteiger partial charge < -0.3 is 4.74 Å². The van der Waals surface area contributed by atoms with Gasteiger partial charge in [-0.15, -0.1) is 0 Å². The van der Waals surface area contributed by atoms with Crippen molar-refractivity contribution in [1.29, 1.82) is 0 Å². The van der Waals surface area contributed by atoms with Gasteiger partial charge in [0.1, 0.15) is 5.82 Å². The first-order valence-electron chi connectivity index (χ1n) is 4.20. The summed E-state index contributed by atoms with van der Waals surface area (Å²) in [6.45, 7) is 1.91. The van der Waals surface area contributed by atoms with E-state index in [0.717, 1.165) is 6.07 Å². The van der Waals surface area contributed by atoms with Gasteiger partial charge in [-0.25, -0.2) is 8.78 Å². The van der Waals surface area contributed by atoms with Gasteiger partial charge in [-0.1, -0.05) is 22.9 Å². The van der Waals surface area contributed by atoms with Crippen molar-refractivity contribution < 1.29 is 13.5 Å². The molecular formula is C10H11BrF2O. The summed E-state index contributed by atoms with van der Waals surface area (Å²) in [6, 6.07) is 2.11. The number of benzene rings is 1. The van der Waals surface area contributed by atoms with Crippen LogP contribution in [0.15, 0.2) is 12.1 Å². The van der Waals surface area contributed by atoms with E-state index in [-0.39, 0.29) is 10.6 Å². The monoisotopic (exact) mass is 264 g/mol. The third-order valence-electron chi connectivity index (χ3n) is 1.79. The number of halogens is 3. The number of rotatable bonds is 3. The first-order chi connectivity index (χ1) is 6.54. The topological polar surface area (TPSA) is 9.23 Å². The molecule has 0 aliphatic rings. The Bertz CT molecular complexity index is 326. The van der Waals surface area contributed by atoms with Gasteiger partial charge >= 0.3 is 0 Å². The van der Waals surface area contributed by atoms with Crippen LogP contribution in [0.2, 0.25) is 0 Å². The van der Waals surface area contributed by atoms with E-state index in [1.54, 1.807) is 0 Å². The molecule has 1 aromatic rings. The second-order valence-electron chi connectivity index (χ2n) is 3.06. The third-order valence-corrected chi connectivity index (χ3v) is 2.11. The van der Waals surface area contributed by atoms with E-state index < -0.39 is 11.6 Å². The van der Waals surface area contributed by atoms with Crippen LogP contribution in [0.1, 0.15) is 12.5 Å². The molecule has 0 N–H and O–H groups in total. The first kappa shape index (κ1) is 11.4. The van der Waals surface area contributed by atoms with E-state index in [2.05, 4.69) is 15.9 Å². The molecule has 1 rings (SSSR count). The van der Waals surface area contributed by atoms with Crippen LogP contribution in [-0.4, -0.2) is 11.9 Å². The highest BCUT2D eigenvalue weighted by molar-refractivity contribution is 9.09. The summed E-state index contributed by atoms with van der Waals surface area (Å²) in [7, 11) is 1.37. The number of ether oxygens (including phenoxy) is 1. The highest BCUT2D eigenvalue weighted by Gasteiger charge is 2.13. The van der Waals surface area contributed by atoms with Crippen molar-refractivity contribution in [3.8, 4) is 5.75 Å². The summed E-state index contributed by atoms with van der Waals surface area (Å²) in [5, 5.41) is 0. The van der Waals surface area contributed by atoms with Crippen LogP contribution in [-0.2, 0) is 6.42 Å². The minimum atomic E-state index is -0.657. The summed E-state index contributed by atoms with van der Waals surface area (Å²) in [4.78, 5) is 0.151. The fourth-order valence-electron chi connectivity index (χ4n) is 1.30. The standard InChI is InChI=1S/C10H11BrF2O/c1-6(11)3-7-4-8(12)5-9(13)10(7)14-2/h4-6H,3H2,1-2H3. The zero-order chi connectivity index (χ0) is 10.7. The summed E-state index contributed by atoms with van der Waals surface area (Å²) in [6.07, 6.45) is 0.526. The number of hydrogen-bond donors (Lipinski definition) is 0. The molecule has 1 aromatic carbocycles. The van der Waals surface area contributed by atoms with E-state index in [0.29, 0.717) is 12.0 Å². The summed E-state index contributed by atoms with van der Waals surface area (Å²) < 4.78 is 30.9. The second kappa shape index (κ2) is 4.73. The maximum atomic E-state index is 13.2. The Morgan fingerprint density at radius 1 is 1.43 bits per heavy atom. The maximum Gasteiger partial charge on any atom is 0.168 e. The van der Waals surface area contributed by atoms with Gasteiger partial charge in [0.25, 0.3) is 0 Å². The third kappa shape index (κ3) is 2.67. The van der Waals surface area contributed by atoms with Gasteiger partial charge in [0, 0.05) is 16.5 Å². The minimum Gasteiger partial charge on any atom is -0.493 e. The van der Waals surface area contributed by atoms with E-state index in [4.69, 9.17) is 4.74 Å². The van der Waals surface area contributed by atoms with Gasteiger partial charge in [0.2, 0.25) is 0 Å². The molecule has 4 heteroatoms. The average Bonchev–Trinajstić information content (AvgIpc) is 2.01. The van der Waals surface area contributed by atoms with Crippen LogP contribution in [0.3, 0.4) is 0 Å². The molecule has 0 aliphatic heterocycles. The Balaban J connectivity index is 3.11. The molecule has 78 valence electrons. The molecule has 0 fully saturated rings. The predicted molar refractivity (Wildman–Crippen MR) is 55.0 cm³/mol. The lowest BCUT2D eigenvalue weighted by atomic mass is 10.1. The summed E-state index contributed by atoms with van der Waals surface area (Å²) in [5.41, 5.74) is 0.536. The van der Waals surface area contributed by atoms with E-state index >= 15 is 0 Å². The summed E-state index contributed by atoms with van der Waals surface area (Å²) in [5.74, 6) is -1.11. The van der Waals surface area contributed by atoms with Gasteiger partial charge in [-0.05, 0) is 12.5 Å². The van der Waals surface area contributed by atoms with Crippen LogP contribution < -0.4 is 4.74 Å². The molecule has 14 heavy (non-hydrogen) atoms. The molecule has 0 radical (unpaired) electrons. The highest BCUT2D eigenvalue weighted by Crippen LogP contribution is 2.26. The van der Waals surface area contributed by atoms with Crippen molar-refractivity contribution in [2.45, 2.75) is 18.2 Å². The fraction of sp³-hybridized carbons (Fsp3) is 0.400. The normalized spacial score (nSPS) is 12.6. The van der Waals surface area contributed by atoms with Crippen LogP contribution in [0.5, 0.6) is 5.75 Å². The molecule has 0 saturated heterocycles. The van der Waals surface area contributed by atoms with Crippen molar-refractivity contribution in [2.24, 2.45) is 0 Å². The summed E-state index contributed by atoms with van der Waals surface area (Å²) >= 11 is 3.32. The highest BCUT2D eigenvalue weighted by atomic mass is 79.9. The van der Waals surface area contributed by atoms with Crippen molar-refractivity contribution in [1.82, 2.24) is 0 Å². The van der Waals surface area contributed by atoms with Crippen molar-refractivity contribution in [2.75, 3.05) is 7.11 Å². The number of methoxy groups -OCH3 is 1. The van der Waals surface area contributed by atoms with Crippen molar-refractivity contribution in [3.05, 3.63) is 29.3 Å².